The molecule has 0 aromatic heterocycles. The first-order valence-electron chi connectivity index (χ1n) is 35.7. The summed E-state index contributed by atoms with van der Waals surface area (Å²) in [4.78, 5) is 38.4. The van der Waals surface area contributed by atoms with Crippen LogP contribution in [0.4, 0.5) is 0 Å². The smallest absolute Gasteiger partial charge is 0.306 e. The average Bonchev–Trinajstić information content (AvgIpc) is 3.49. The maximum Gasteiger partial charge on any atom is 0.306 e. The molecule has 0 spiro atoms. The van der Waals surface area contributed by atoms with Gasteiger partial charge >= 0.3 is 17.9 Å². The maximum atomic E-state index is 12.9. The summed E-state index contributed by atoms with van der Waals surface area (Å²) in [6.45, 7) is 6.49. The average molecular weight is 1160 g/mol. The van der Waals surface area contributed by atoms with Crippen LogP contribution in [0.2, 0.25) is 0 Å². The van der Waals surface area contributed by atoms with Gasteiger partial charge in [0.15, 0.2) is 6.10 Å². The van der Waals surface area contributed by atoms with Gasteiger partial charge in [0.1, 0.15) is 13.2 Å². The number of rotatable bonds is 65. The molecule has 0 aliphatic rings. The third kappa shape index (κ3) is 69.0. The van der Waals surface area contributed by atoms with Crippen LogP contribution in [0.1, 0.15) is 355 Å². The fraction of sp³-hybridized carbons (Fsp3) is 0.753. The summed E-state index contributed by atoms with van der Waals surface area (Å²) in [5.74, 6) is -0.974. The van der Waals surface area contributed by atoms with Gasteiger partial charge < -0.3 is 14.2 Å². The highest BCUT2D eigenvalue weighted by Gasteiger charge is 2.19. The lowest BCUT2D eigenvalue weighted by Gasteiger charge is -2.18. The van der Waals surface area contributed by atoms with Gasteiger partial charge in [-0.05, 0) is 109 Å². The summed E-state index contributed by atoms with van der Waals surface area (Å²) in [5, 5.41) is 0. The second kappa shape index (κ2) is 70.8. The van der Waals surface area contributed by atoms with E-state index < -0.39 is 6.10 Å². The van der Waals surface area contributed by atoms with E-state index in [0.717, 1.165) is 77.0 Å². The molecule has 0 radical (unpaired) electrons. The second-order valence-corrected chi connectivity index (χ2v) is 23.8. The Morgan fingerprint density at radius 3 is 0.819 bits per heavy atom. The van der Waals surface area contributed by atoms with E-state index in [0.29, 0.717) is 19.3 Å². The molecule has 0 aliphatic heterocycles. The van der Waals surface area contributed by atoms with Crippen molar-refractivity contribution >= 4 is 17.9 Å². The van der Waals surface area contributed by atoms with Crippen LogP contribution >= 0.6 is 0 Å². The van der Waals surface area contributed by atoms with Crippen molar-refractivity contribution in [2.75, 3.05) is 13.2 Å². The minimum Gasteiger partial charge on any atom is -0.462 e. The number of carbonyl (C=O) groups is 3. The van der Waals surface area contributed by atoms with Crippen LogP contribution in [0.5, 0.6) is 0 Å². The van der Waals surface area contributed by atoms with E-state index >= 15 is 0 Å². The molecule has 0 bridgehead atoms. The topological polar surface area (TPSA) is 78.9 Å². The third-order valence-corrected chi connectivity index (χ3v) is 15.6. The van der Waals surface area contributed by atoms with Gasteiger partial charge in [-0.3, -0.25) is 14.4 Å². The first-order chi connectivity index (χ1) is 41.0. The maximum absolute atomic E-state index is 12.9. The van der Waals surface area contributed by atoms with Crippen molar-refractivity contribution < 1.29 is 28.6 Å². The number of unbranched alkanes of at least 4 members (excludes halogenated alkanes) is 38. The fourth-order valence-electron chi connectivity index (χ4n) is 10.2. The van der Waals surface area contributed by atoms with Gasteiger partial charge in [0.2, 0.25) is 0 Å². The number of hydrogen-bond acceptors (Lipinski definition) is 6. The van der Waals surface area contributed by atoms with Crippen molar-refractivity contribution in [1.82, 2.24) is 0 Å². The molecule has 0 heterocycles. The first-order valence-corrected chi connectivity index (χ1v) is 35.7. The summed E-state index contributed by atoms with van der Waals surface area (Å²) in [7, 11) is 0. The van der Waals surface area contributed by atoms with Crippen LogP contribution in [-0.4, -0.2) is 37.2 Å². The van der Waals surface area contributed by atoms with E-state index in [-0.39, 0.29) is 37.5 Å². The molecule has 0 aromatic carbocycles. The fourth-order valence-corrected chi connectivity index (χ4v) is 10.2. The Morgan fingerprint density at radius 1 is 0.253 bits per heavy atom. The molecule has 0 aliphatic carbocycles. The highest BCUT2D eigenvalue weighted by atomic mass is 16.6. The van der Waals surface area contributed by atoms with Crippen LogP contribution in [0.3, 0.4) is 0 Å². The molecule has 6 heteroatoms. The van der Waals surface area contributed by atoms with Crippen molar-refractivity contribution in [1.29, 1.82) is 0 Å². The normalized spacial score (nSPS) is 12.7. The van der Waals surface area contributed by atoms with Crippen LogP contribution in [-0.2, 0) is 28.6 Å². The first kappa shape index (κ1) is 79.3. The monoisotopic (exact) mass is 1160 g/mol. The lowest BCUT2D eigenvalue weighted by Crippen LogP contribution is -2.30. The Labute approximate surface area is 515 Å². The van der Waals surface area contributed by atoms with E-state index in [1.807, 2.05) is 6.08 Å². The SMILES string of the molecule is CC/C=C\C/C=C\C/C=C\C/C=C\CCC(=O)OCC(COC(=O)CCCCCCCCCCCCCCCCC/C=C\CCCCCCCCCC)OC(=O)CCCCCCCCCCCC/C=C\C/C=C\C/C=C\CCCCCCC. The van der Waals surface area contributed by atoms with Crippen molar-refractivity contribution in [3.05, 3.63) is 97.2 Å². The van der Waals surface area contributed by atoms with Gasteiger partial charge in [-0.1, -0.05) is 323 Å². The zero-order valence-corrected chi connectivity index (χ0v) is 54.9. The predicted molar refractivity (Wildman–Crippen MR) is 362 cm³/mol. The zero-order chi connectivity index (χ0) is 59.9. The number of carbonyl (C=O) groups excluding carboxylic acids is 3. The van der Waals surface area contributed by atoms with Gasteiger partial charge in [0.25, 0.3) is 0 Å². The summed E-state index contributed by atoms with van der Waals surface area (Å²) < 4.78 is 16.9. The van der Waals surface area contributed by atoms with E-state index in [4.69, 9.17) is 14.2 Å². The van der Waals surface area contributed by atoms with Crippen LogP contribution in [0.15, 0.2) is 97.2 Å². The summed E-state index contributed by atoms with van der Waals surface area (Å²) in [6, 6.07) is 0. The number of ether oxygens (including phenoxy) is 3. The Kier molecular flexibility index (Phi) is 67.7. The Bertz CT molecular complexity index is 1610. The molecule has 6 nitrogen and oxygen atoms in total. The van der Waals surface area contributed by atoms with E-state index in [2.05, 4.69) is 112 Å². The third-order valence-electron chi connectivity index (χ3n) is 15.6. The molecule has 1 atom stereocenters. The van der Waals surface area contributed by atoms with Crippen LogP contribution in [0.25, 0.3) is 0 Å². The molecule has 0 saturated heterocycles. The molecular weight excluding hydrogens is 1020 g/mol. The largest absolute Gasteiger partial charge is 0.462 e. The molecule has 478 valence electrons. The minimum absolute atomic E-state index is 0.0992. The van der Waals surface area contributed by atoms with Gasteiger partial charge in [-0.2, -0.15) is 0 Å². The van der Waals surface area contributed by atoms with Gasteiger partial charge in [0, 0.05) is 19.3 Å². The number of hydrogen-bond donors (Lipinski definition) is 0. The van der Waals surface area contributed by atoms with E-state index in [1.165, 1.54) is 231 Å². The van der Waals surface area contributed by atoms with Crippen LogP contribution in [0, 0.1) is 0 Å². The lowest BCUT2D eigenvalue weighted by molar-refractivity contribution is -0.166. The van der Waals surface area contributed by atoms with Crippen molar-refractivity contribution in [3.63, 3.8) is 0 Å². The highest BCUT2D eigenvalue weighted by molar-refractivity contribution is 5.71. The van der Waals surface area contributed by atoms with Crippen molar-refractivity contribution in [2.24, 2.45) is 0 Å². The molecular formula is C77H134O6. The van der Waals surface area contributed by atoms with Gasteiger partial charge in [-0.15, -0.1) is 0 Å². The molecule has 1 unspecified atom stereocenters. The standard InChI is InChI=1S/C77H134O6/c1-4-7-10-13-16-19-22-25-27-29-31-33-35-37-38-40-41-43-45-47-49-52-55-58-61-64-67-70-76(79)82-73-74(72-81-75(78)69-66-63-60-57-54-51-24-21-18-15-12-9-6-3)83-77(80)71-68-65-62-59-56-53-50-48-46-44-42-39-36-34-32-30-28-26-23-20-17-14-11-8-5-2/h9,12,18,21,23,26,29-32,36,39,51,54,60,63,74H,4-8,10-11,13-17,19-20,22,24-25,27-28,33-35,37-38,40-50,52-53,55-59,61-62,64-73H2,1-3H3/b12-9-,21-18-,26-23-,31-29-,32-30-,39-36-,54-51-,63-60-. The summed E-state index contributed by atoms with van der Waals surface area (Å²) in [6.07, 6.45) is 96.0. The lowest BCUT2D eigenvalue weighted by atomic mass is 10.0. The molecule has 0 aromatic rings. The van der Waals surface area contributed by atoms with Gasteiger partial charge in [0.05, 0.1) is 0 Å². The highest BCUT2D eigenvalue weighted by Crippen LogP contribution is 2.17. The van der Waals surface area contributed by atoms with E-state index in [1.54, 1.807) is 0 Å². The van der Waals surface area contributed by atoms with E-state index in [9.17, 15) is 14.4 Å². The number of allylic oxidation sites excluding steroid dienone is 16. The molecule has 0 rings (SSSR count). The molecule has 83 heavy (non-hydrogen) atoms. The Morgan fingerprint density at radius 2 is 0.494 bits per heavy atom. The molecule has 0 fully saturated rings. The quantitative estimate of drug-likeness (QED) is 0.0261. The predicted octanol–water partition coefficient (Wildman–Crippen LogP) is 24.8. The summed E-state index contributed by atoms with van der Waals surface area (Å²) >= 11 is 0. The molecule has 0 saturated carbocycles. The Hall–Kier alpha value is -3.67. The molecule has 0 amide bonds. The van der Waals surface area contributed by atoms with Gasteiger partial charge in [-0.25, -0.2) is 0 Å². The zero-order valence-electron chi connectivity index (χ0n) is 54.9. The van der Waals surface area contributed by atoms with Crippen LogP contribution < -0.4 is 0 Å². The minimum atomic E-state index is -0.810. The number of esters is 3. The Balaban J connectivity index is 4.29. The van der Waals surface area contributed by atoms with Crippen molar-refractivity contribution in [2.45, 2.75) is 361 Å². The summed E-state index contributed by atoms with van der Waals surface area (Å²) in [5.41, 5.74) is 0. The second-order valence-electron chi connectivity index (χ2n) is 23.8. The van der Waals surface area contributed by atoms with Crippen molar-refractivity contribution in [3.8, 4) is 0 Å². The molecule has 0 N–H and O–H groups in total.